The highest BCUT2D eigenvalue weighted by Crippen LogP contribution is 2.43. The highest BCUT2D eigenvalue weighted by atomic mass is 19.1. The molecular formula is C29H32FNO2. The quantitative estimate of drug-likeness (QED) is 0.405. The van der Waals surface area contributed by atoms with Gasteiger partial charge in [-0.1, -0.05) is 43.7 Å². The molecule has 4 heteroatoms. The van der Waals surface area contributed by atoms with Gasteiger partial charge in [0.05, 0.1) is 12.6 Å². The maximum Gasteiger partial charge on any atom is 0.129 e. The van der Waals surface area contributed by atoms with E-state index in [4.69, 9.17) is 9.47 Å². The number of allylic oxidation sites excluding steroid dienone is 1. The van der Waals surface area contributed by atoms with Gasteiger partial charge in [0, 0.05) is 28.4 Å². The van der Waals surface area contributed by atoms with Crippen molar-refractivity contribution in [2.75, 3.05) is 12.4 Å². The van der Waals surface area contributed by atoms with Gasteiger partial charge in [-0.05, 0) is 68.2 Å². The van der Waals surface area contributed by atoms with Gasteiger partial charge in [-0.2, -0.15) is 0 Å². The number of hydrogen-bond acceptors (Lipinski definition) is 3. The molecule has 0 unspecified atom stereocenters. The normalized spacial score (nSPS) is 14.2. The average molecular weight is 446 g/mol. The average Bonchev–Trinajstić information content (AvgIpc) is 2.77. The number of aryl methyl sites for hydroxylation is 1. The fourth-order valence-electron chi connectivity index (χ4n) is 4.76. The summed E-state index contributed by atoms with van der Waals surface area (Å²) in [4.78, 5) is 0. The van der Waals surface area contributed by atoms with Crippen molar-refractivity contribution in [3.05, 3.63) is 83.2 Å². The third kappa shape index (κ3) is 4.75. The van der Waals surface area contributed by atoms with Crippen LogP contribution in [0.3, 0.4) is 0 Å². The van der Waals surface area contributed by atoms with Gasteiger partial charge in [-0.3, -0.25) is 0 Å². The van der Waals surface area contributed by atoms with Gasteiger partial charge in [0.25, 0.3) is 0 Å². The molecule has 4 rings (SSSR count). The molecule has 0 saturated heterocycles. The van der Waals surface area contributed by atoms with Crippen molar-refractivity contribution >= 4 is 11.3 Å². The minimum atomic E-state index is -0.320. The zero-order chi connectivity index (χ0) is 23.6. The van der Waals surface area contributed by atoms with E-state index in [1.54, 1.807) is 13.2 Å². The molecule has 3 nitrogen and oxygen atoms in total. The van der Waals surface area contributed by atoms with E-state index >= 15 is 0 Å². The molecule has 0 aliphatic carbocycles. The summed E-state index contributed by atoms with van der Waals surface area (Å²) in [6.45, 7) is 9.03. The lowest BCUT2D eigenvalue weighted by atomic mass is 9.85. The van der Waals surface area contributed by atoms with Crippen LogP contribution in [0.4, 0.5) is 10.1 Å². The fourth-order valence-corrected chi connectivity index (χ4v) is 4.76. The Balaban J connectivity index is 1.85. The Kier molecular flexibility index (Phi) is 6.46. The standard InChI is InChI=1S/C29H32FNO2/c1-6-9-20-10-7-8-11-26(20)33-18-24-22(23-13-12-21(30)16-27(23)32-5)14-15-25-28(24)19(2)17-29(3,4)31-25/h7-8,10-17,31H,6,9,18H2,1-5H3. The van der Waals surface area contributed by atoms with E-state index in [-0.39, 0.29) is 11.4 Å². The molecule has 33 heavy (non-hydrogen) atoms. The van der Waals surface area contributed by atoms with Gasteiger partial charge in [0.1, 0.15) is 23.9 Å². The summed E-state index contributed by atoms with van der Waals surface area (Å²) < 4.78 is 25.9. The second-order valence-electron chi connectivity index (χ2n) is 9.18. The van der Waals surface area contributed by atoms with Crippen molar-refractivity contribution in [1.82, 2.24) is 0 Å². The lowest BCUT2D eigenvalue weighted by Crippen LogP contribution is -2.32. The Bertz CT molecular complexity index is 1200. The fraction of sp³-hybridized carbons (Fsp3) is 0.310. The Morgan fingerprint density at radius 1 is 0.970 bits per heavy atom. The molecule has 0 fully saturated rings. The SMILES string of the molecule is CCCc1ccccc1OCc1c(-c2ccc(F)cc2OC)ccc2c1C(C)=CC(C)(C)N2. The number of anilines is 1. The summed E-state index contributed by atoms with van der Waals surface area (Å²) in [6.07, 6.45) is 4.27. The zero-order valence-electron chi connectivity index (χ0n) is 20.1. The summed E-state index contributed by atoms with van der Waals surface area (Å²) in [5.41, 5.74) is 7.34. The predicted octanol–water partition coefficient (Wildman–Crippen LogP) is 7.64. The molecule has 0 saturated carbocycles. The third-order valence-corrected chi connectivity index (χ3v) is 6.06. The molecule has 0 bridgehead atoms. The zero-order valence-corrected chi connectivity index (χ0v) is 20.1. The van der Waals surface area contributed by atoms with Crippen molar-refractivity contribution in [2.24, 2.45) is 0 Å². The molecule has 3 aromatic rings. The molecule has 0 atom stereocenters. The monoisotopic (exact) mass is 445 g/mol. The van der Waals surface area contributed by atoms with Gasteiger partial charge in [-0.15, -0.1) is 0 Å². The van der Waals surface area contributed by atoms with Crippen LogP contribution in [0.2, 0.25) is 0 Å². The van der Waals surface area contributed by atoms with E-state index in [0.717, 1.165) is 46.5 Å². The maximum absolute atomic E-state index is 13.9. The number of nitrogens with one attached hydrogen (secondary N) is 1. The first-order valence-corrected chi connectivity index (χ1v) is 11.5. The summed E-state index contributed by atoms with van der Waals surface area (Å²) >= 11 is 0. The first-order chi connectivity index (χ1) is 15.8. The highest BCUT2D eigenvalue weighted by molar-refractivity contribution is 5.88. The van der Waals surface area contributed by atoms with Gasteiger partial charge >= 0.3 is 0 Å². The summed E-state index contributed by atoms with van der Waals surface area (Å²) in [6, 6.07) is 17.1. The number of halogens is 1. The number of methoxy groups -OCH3 is 1. The Hall–Kier alpha value is -3.27. The maximum atomic E-state index is 13.9. The van der Waals surface area contributed by atoms with Crippen LogP contribution in [0, 0.1) is 5.82 Å². The molecular weight excluding hydrogens is 413 g/mol. The number of hydrogen-bond donors (Lipinski definition) is 1. The van der Waals surface area contributed by atoms with Crippen LogP contribution in [0.15, 0.2) is 60.7 Å². The summed E-state index contributed by atoms with van der Waals surface area (Å²) in [5, 5.41) is 3.63. The summed E-state index contributed by atoms with van der Waals surface area (Å²) in [7, 11) is 1.57. The number of rotatable bonds is 7. The minimum Gasteiger partial charge on any atom is -0.496 e. The molecule has 1 aliphatic rings. The summed E-state index contributed by atoms with van der Waals surface area (Å²) in [5.74, 6) is 1.09. The van der Waals surface area contributed by atoms with Gasteiger partial charge in [0.15, 0.2) is 0 Å². The van der Waals surface area contributed by atoms with Crippen molar-refractivity contribution in [3.8, 4) is 22.6 Å². The van der Waals surface area contributed by atoms with Crippen LogP contribution in [-0.4, -0.2) is 12.6 Å². The number of fused-ring (bicyclic) bond motifs is 1. The molecule has 1 N–H and O–H groups in total. The van der Waals surface area contributed by atoms with Crippen LogP contribution in [0.5, 0.6) is 11.5 Å². The second kappa shape index (κ2) is 9.30. The first kappa shape index (κ1) is 22.9. The van der Waals surface area contributed by atoms with Crippen molar-refractivity contribution in [3.63, 3.8) is 0 Å². The van der Waals surface area contributed by atoms with Crippen LogP contribution in [-0.2, 0) is 13.0 Å². The van der Waals surface area contributed by atoms with Crippen LogP contribution in [0.25, 0.3) is 16.7 Å². The van der Waals surface area contributed by atoms with E-state index < -0.39 is 0 Å². The Morgan fingerprint density at radius 3 is 2.48 bits per heavy atom. The van der Waals surface area contributed by atoms with Gasteiger partial charge in [0.2, 0.25) is 0 Å². The van der Waals surface area contributed by atoms with Crippen LogP contribution >= 0.6 is 0 Å². The molecule has 0 radical (unpaired) electrons. The second-order valence-corrected chi connectivity index (χ2v) is 9.18. The van der Waals surface area contributed by atoms with Crippen LogP contribution in [0.1, 0.15) is 50.8 Å². The van der Waals surface area contributed by atoms with E-state index in [2.05, 4.69) is 63.4 Å². The van der Waals surface area contributed by atoms with Gasteiger partial charge < -0.3 is 14.8 Å². The molecule has 0 amide bonds. The Labute approximate surface area is 196 Å². The lowest BCUT2D eigenvalue weighted by Gasteiger charge is -2.33. The molecule has 1 aliphatic heterocycles. The third-order valence-electron chi connectivity index (χ3n) is 6.06. The van der Waals surface area contributed by atoms with Gasteiger partial charge in [-0.25, -0.2) is 4.39 Å². The smallest absolute Gasteiger partial charge is 0.129 e. The number of benzene rings is 3. The Morgan fingerprint density at radius 2 is 1.73 bits per heavy atom. The van der Waals surface area contributed by atoms with Crippen molar-refractivity contribution in [1.29, 1.82) is 0 Å². The highest BCUT2D eigenvalue weighted by Gasteiger charge is 2.27. The molecule has 0 spiro atoms. The van der Waals surface area contributed by atoms with Crippen molar-refractivity contribution < 1.29 is 13.9 Å². The number of para-hydroxylation sites is 1. The van der Waals surface area contributed by atoms with Crippen LogP contribution < -0.4 is 14.8 Å². The van der Waals surface area contributed by atoms with E-state index in [1.807, 2.05) is 12.1 Å². The van der Waals surface area contributed by atoms with E-state index in [1.165, 1.54) is 23.3 Å². The predicted molar refractivity (Wildman–Crippen MR) is 135 cm³/mol. The molecule has 3 aromatic carbocycles. The minimum absolute atomic E-state index is 0.141. The lowest BCUT2D eigenvalue weighted by molar-refractivity contribution is 0.303. The first-order valence-electron chi connectivity index (χ1n) is 11.5. The topological polar surface area (TPSA) is 30.5 Å². The largest absolute Gasteiger partial charge is 0.496 e. The van der Waals surface area contributed by atoms with Crippen molar-refractivity contribution in [2.45, 2.75) is 52.7 Å². The molecule has 1 heterocycles. The van der Waals surface area contributed by atoms with E-state index in [9.17, 15) is 4.39 Å². The van der Waals surface area contributed by atoms with E-state index in [0.29, 0.717) is 12.4 Å². The molecule has 172 valence electrons. The number of ether oxygens (including phenoxy) is 2. The molecule has 0 aromatic heterocycles.